The van der Waals surface area contributed by atoms with Gasteiger partial charge in [0.05, 0.1) is 12.4 Å². The Morgan fingerprint density at radius 1 is 1.13 bits per heavy atom. The first-order chi connectivity index (χ1) is 14.6. The van der Waals surface area contributed by atoms with Gasteiger partial charge in [-0.25, -0.2) is 4.98 Å². The molecule has 9 nitrogen and oxygen atoms in total. The van der Waals surface area contributed by atoms with Crippen LogP contribution in [-0.4, -0.2) is 66.3 Å². The summed E-state index contributed by atoms with van der Waals surface area (Å²) in [5, 5.41) is 12.7. The summed E-state index contributed by atoms with van der Waals surface area (Å²) in [6.07, 6.45) is 5.47. The molecule has 1 fully saturated rings. The first-order valence-electron chi connectivity index (χ1n) is 9.84. The lowest BCUT2D eigenvalue weighted by Crippen LogP contribution is -2.60. The third kappa shape index (κ3) is 3.28. The van der Waals surface area contributed by atoms with E-state index in [1.807, 2.05) is 66.0 Å². The topological polar surface area (TPSA) is 84.5 Å². The van der Waals surface area contributed by atoms with Crippen molar-refractivity contribution in [3.8, 4) is 0 Å². The van der Waals surface area contributed by atoms with Crippen LogP contribution in [0.25, 0.3) is 5.65 Å². The van der Waals surface area contributed by atoms with Gasteiger partial charge in [0.15, 0.2) is 11.5 Å². The molecule has 0 unspecified atom stereocenters. The largest absolute Gasteiger partial charge is 0.351 e. The van der Waals surface area contributed by atoms with Crippen molar-refractivity contribution in [1.82, 2.24) is 34.3 Å². The maximum Gasteiger partial charge on any atom is 0.253 e. The monoisotopic (exact) mass is 402 g/mol. The molecule has 1 aliphatic heterocycles. The van der Waals surface area contributed by atoms with Crippen LogP contribution in [0.5, 0.6) is 0 Å². The van der Waals surface area contributed by atoms with Gasteiger partial charge in [-0.05, 0) is 36.8 Å². The predicted octanol–water partition coefficient (Wildman–Crippen LogP) is 1.64. The van der Waals surface area contributed by atoms with Crippen molar-refractivity contribution in [2.75, 3.05) is 25.0 Å². The number of aromatic nitrogens is 6. The van der Waals surface area contributed by atoms with E-state index in [-0.39, 0.29) is 11.9 Å². The molecule has 1 aliphatic rings. The van der Waals surface area contributed by atoms with Gasteiger partial charge in [-0.2, -0.15) is 4.52 Å². The van der Waals surface area contributed by atoms with Gasteiger partial charge in [-0.15, -0.1) is 15.3 Å². The maximum absolute atomic E-state index is 12.9. The van der Waals surface area contributed by atoms with Gasteiger partial charge in [-0.3, -0.25) is 4.79 Å². The Bertz CT molecular complexity index is 1180. The van der Waals surface area contributed by atoms with Gasteiger partial charge < -0.3 is 14.4 Å². The summed E-state index contributed by atoms with van der Waals surface area (Å²) < 4.78 is 3.74. The first kappa shape index (κ1) is 18.3. The minimum atomic E-state index is 0.0342. The van der Waals surface area contributed by atoms with Crippen LogP contribution in [0.1, 0.15) is 21.7 Å². The van der Waals surface area contributed by atoms with Crippen LogP contribution in [0.2, 0.25) is 0 Å². The van der Waals surface area contributed by atoms with Gasteiger partial charge in [0, 0.05) is 44.6 Å². The smallest absolute Gasteiger partial charge is 0.253 e. The highest BCUT2D eigenvalue weighted by molar-refractivity contribution is 5.94. The fourth-order valence-corrected chi connectivity index (χ4v) is 3.66. The van der Waals surface area contributed by atoms with E-state index in [0.29, 0.717) is 5.56 Å². The molecule has 1 aromatic carbocycles. The molecule has 4 aromatic rings. The molecule has 9 heteroatoms. The first-order valence-corrected chi connectivity index (χ1v) is 9.84. The number of anilines is 1. The molecule has 0 atom stereocenters. The molecular weight excluding hydrogens is 380 g/mol. The SMILES string of the molecule is Cc1nnc2ccc(N3CC(N(C)C(=O)c4ccc(Cn5ccnc5)cc4)C3)nn12. The van der Waals surface area contributed by atoms with E-state index < -0.39 is 0 Å². The van der Waals surface area contributed by atoms with E-state index in [2.05, 4.69) is 25.2 Å². The third-order valence-corrected chi connectivity index (χ3v) is 5.58. The van der Waals surface area contributed by atoms with Crippen molar-refractivity contribution in [2.45, 2.75) is 19.5 Å². The van der Waals surface area contributed by atoms with Crippen LogP contribution < -0.4 is 4.90 Å². The number of fused-ring (bicyclic) bond motifs is 1. The van der Waals surface area contributed by atoms with E-state index in [1.165, 1.54) is 0 Å². The Morgan fingerprint density at radius 2 is 1.93 bits per heavy atom. The maximum atomic E-state index is 12.9. The summed E-state index contributed by atoms with van der Waals surface area (Å²) in [5.74, 6) is 1.66. The van der Waals surface area contributed by atoms with E-state index in [0.717, 1.165) is 42.5 Å². The van der Waals surface area contributed by atoms with E-state index in [4.69, 9.17) is 0 Å². The van der Waals surface area contributed by atoms with Crippen molar-refractivity contribution in [3.63, 3.8) is 0 Å². The number of carbonyl (C=O) groups is 1. The van der Waals surface area contributed by atoms with Crippen LogP contribution in [-0.2, 0) is 6.54 Å². The fraction of sp³-hybridized carbons (Fsp3) is 0.286. The molecule has 0 saturated carbocycles. The normalized spacial score (nSPS) is 14.1. The summed E-state index contributed by atoms with van der Waals surface area (Å²) in [5.41, 5.74) is 2.56. The van der Waals surface area contributed by atoms with Crippen molar-refractivity contribution >= 4 is 17.4 Å². The Hall–Kier alpha value is -3.75. The summed E-state index contributed by atoms with van der Waals surface area (Å²) in [6.45, 7) is 4.12. The number of hydrogen-bond donors (Lipinski definition) is 0. The van der Waals surface area contributed by atoms with E-state index >= 15 is 0 Å². The van der Waals surface area contributed by atoms with Gasteiger partial charge in [0.25, 0.3) is 5.91 Å². The van der Waals surface area contributed by atoms with Crippen LogP contribution in [0, 0.1) is 6.92 Å². The number of imidazole rings is 1. The highest BCUT2D eigenvalue weighted by Crippen LogP contribution is 2.23. The summed E-state index contributed by atoms with van der Waals surface area (Å²) in [7, 11) is 1.87. The standard InChI is InChI=1S/C21H22N8O/c1-15-23-24-19-7-8-20(25-29(15)19)28-12-18(13-28)26(2)21(30)17-5-3-16(4-6-17)11-27-10-9-22-14-27/h3-10,14,18H,11-13H2,1-2H3. The quantitative estimate of drug-likeness (QED) is 0.505. The predicted molar refractivity (Wildman–Crippen MR) is 111 cm³/mol. The Balaban J connectivity index is 1.21. The number of likely N-dealkylation sites (N-methyl/N-ethyl adjacent to an activating group) is 1. The van der Waals surface area contributed by atoms with Crippen molar-refractivity contribution in [2.24, 2.45) is 0 Å². The van der Waals surface area contributed by atoms with E-state index in [1.54, 1.807) is 17.0 Å². The van der Waals surface area contributed by atoms with Crippen molar-refractivity contribution < 1.29 is 4.79 Å². The molecule has 5 rings (SSSR count). The van der Waals surface area contributed by atoms with Crippen LogP contribution in [0.4, 0.5) is 5.82 Å². The molecule has 0 spiro atoms. The fourth-order valence-electron chi connectivity index (χ4n) is 3.66. The number of carbonyl (C=O) groups excluding carboxylic acids is 1. The number of amides is 1. The zero-order valence-corrected chi connectivity index (χ0v) is 16.9. The zero-order chi connectivity index (χ0) is 20.7. The van der Waals surface area contributed by atoms with E-state index in [9.17, 15) is 4.79 Å². The Kier molecular flexibility index (Phi) is 4.42. The van der Waals surface area contributed by atoms with Gasteiger partial charge >= 0.3 is 0 Å². The van der Waals surface area contributed by atoms with Gasteiger partial charge in [-0.1, -0.05) is 12.1 Å². The minimum absolute atomic E-state index is 0.0342. The molecule has 152 valence electrons. The Morgan fingerprint density at radius 3 is 2.67 bits per heavy atom. The van der Waals surface area contributed by atoms with Crippen LogP contribution >= 0.6 is 0 Å². The highest BCUT2D eigenvalue weighted by atomic mass is 16.2. The Labute approximate surface area is 173 Å². The lowest BCUT2D eigenvalue weighted by molar-refractivity contribution is 0.0705. The van der Waals surface area contributed by atoms with Crippen LogP contribution in [0.15, 0.2) is 55.1 Å². The molecule has 1 saturated heterocycles. The molecular formula is C21H22N8O. The molecule has 0 bridgehead atoms. The second-order valence-corrected chi connectivity index (χ2v) is 7.62. The molecule has 0 aliphatic carbocycles. The average Bonchev–Trinajstić information content (AvgIpc) is 3.37. The summed E-state index contributed by atoms with van der Waals surface area (Å²) in [4.78, 5) is 20.9. The molecule has 1 amide bonds. The zero-order valence-electron chi connectivity index (χ0n) is 16.9. The van der Waals surface area contributed by atoms with Gasteiger partial charge in [0.2, 0.25) is 0 Å². The lowest BCUT2D eigenvalue weighted by atomic mass is 10.1. The molecule has 3 aromatic heterocycles. The van der Waals surface area contributed by atoms with Crippen LogP contribution in [0.3, 0.4) is 0 Å². The number of hydrogen-bond acceptors (Lipinski definition) is 6. The molecule has 0 radical (unpaired) electrons. The van der Waals surface area contributed by atoms with Gasteiger partial charge in [0.1, 0.15) is 5.82 Å². The van der Waals surface area contributed by atoms with Crippen molar-refractivity contribution in [3.05, 3.63) is 72.1 Å². The number of aryl methyl sites for hydroxylation is 1. The molecule has 4 heterocycles. The number of benzene rings is 1. The molecule has 30 heavy (non-hydrogen) atoms. The number of nitrogens with zero attached hydrogens (tertiary/aromatic N) is 8. The van der Waals surface area contributed by atoms with Crippen molar-refractivity contribution in [1.29, 1.82) is 0 Å². The molecule has 0 N–H and O–H groups in total. The second kappa shape index (κ2) is 7.25. The minimum Gasteiger partial charge on any atom is -0.351 e. The summed E-state index contributed by atoms with van der Waals surface area (Å²) in [6, 6.07) is 11.8. The average molecular weight is 402 g/mol. The highest BCUT2D eigenvalue weighted by Gasteiger charge is 2.33. The lowest BCUT2D eigenvalue weighted by Gasteiger charge is -2.44. The summed E-state index contributed by atoms with van der Waals surface area (Å²) >= 11 is 0. The third-order valence-electron chi connectivity index (χ3n) is 5.58. The second-order valence-electron chi connectivity index (χ2n) is 7.62. The number of rotatable bonds is 5.